The fourth-order valence-corrected chi connectivity index (χ4v) is 4.27. The number of hydrogen-bond donors (Lipinski definition) is 1. The molecule has 0 bridgehead atoms. The van der Waals surface area contributed by atoms with Gasteiger partial charge in [-0.05, 0) is 19.1 Å². The van der Waals surface area contributed by atoms with Crippen molar-refractivity contribution < 1.29 is 14.3 Å². The van der Waals surface area contributed by atoms with Gasteiger partial charge >= 0.3 is 5.97 Å². The molecular weight excluding hydrogens is 448 g/mol. The Morgan fingerprint density at radius 1 is 1.06 bits per heavy atom. The van der Waals surface area contributed by atoms with Gasteiger partial charge in [-0.25, -0.2) is 9.67 Å². The molecule has 0 unspecified atom stereocenters. The van der Waals surface area contributed by atoms with Crippen molar-refractivity contribution in [3.63, 3.8) is 0 Å². The number of rotatable bonds is 8. The van der Waals surface area contributed by atoms with Crippen molar-refractivity contribution in [3.8, 4) is 17.1 Å². The predicted octanol–water partition coefficient (Wildman–Crippen LogP) is 3.69. The number of para-hydroxylation sites is 1. The summed E-state index contributed by atoms with van der Waals surface area (Å²) in [6.07, 6.45) is 0. The van der Waals surface area contributed by atoms with Crippen LogP contribution in [0.25, 0.3) is 17.1 Å². The van der Waals surface area contributed by atoms with Crippen molar-refractivity contribution in [2.45, 2.75) is 11.3 Å². The van der Waals surface area contributed by atoms with E-state index in [0.717, 1.165) is 22.6 Å². The van der Waals surface area contributed by atoms with E-state index in [4.69, 9.17) is 4.74 Å². The Morgan fingerprint density at radius 2 is 1.78 bits per heavy atom. The summed E-state index contributed by atoms with van der Waals surface area (Å²) in [6, 6.07) is 19.0. The molecule has 1 N–H and O–H groups in total. The van der Waals surface area contributed by atoms with Gasteiger partial charge in [-0.2, -0.15) is 0 Å². The summed E-state index contributed by atoms with van der Waals surface area (Å²) in [5.41, 5.74) is 1.61. The summed E-state index contributed by atoms with van der Waals surface area (Å²) in [5, 5.41) is 15.3. The molecule has 0 atom stereocenters. The van der Waals surface area contributed by atoms with Crippen molar-refractivity contribution in [1.82, 2.24) is 25.0 Å². The Hall–Kier alpha value is -3.57. The van der Waals surface area contributed by atoms with Crippen LogP contribution in [0.5, 0.6) is 0 Å². The molecule has 0 spiro atoms. The number of esters is 1. The van der Waals surface area contributed by atoms with Gasteiger partial charge in [0.15, 0.2) is 10.2 Å². The smallest absolute Gasteiger partial charge is 0.316 e. The van der Waals surface area contributed by atoms with Gasteiger partial charge in [-0.3, -0.25) is 14.9 Å². The van der Waals surface area contributed by atoms with E-state index in [1.165, 1.54) is 11.8 Å². The van der Waals surface area contributed by atoms with Crippen molar-refractivity contribution in [3.05, 3.63) is 66.5 Å². The van der Waals surface area contributed by atoms with Crippen LogP contribution in [0.3, 0.4) is 0 Å². The molecule has 4 rings (SSSR count). The zero-order valence-electron chi connectivity index (χ0n) is 17.0. The van der Waals surface area contributed by atoms with E-state index in [9.17, 15) is 9.59 Å². The molecule has 0 aliphatic rings. The zero-order chi connectivity index (χ0) is 22.3. The summed E-state index contributed by atoms with van der Waals surface area (Å²) in [4.78, 5) is 28.8. The number of carbonyl (C=O) groups is 2. The maximum absolute atomic E-state index is 12.8. The number of thioether (sulfide) groups is 1. The number of nitrogens with one attached hydrogen (secondary N) is 1. The third-order valence-electron chi connectivity index (χ3n) is 4.09. The van der Waals surface area contributed by atoms with Crippen LogP contribution in [0.1, 0.15) is 17.5 Å². The molecule has 2 aromatic heterocycles. The Labute approximate surface area is 191 Å². The fraction of sp³-hybridized carbons (Fsp3) is 0.143. The molecule has 2 heterocycles. The quantitative estimate of drug-likeness (QED) is 0.238. The van der Waals surface area contributed by atoms with Crippen molar-refractivity contribution >= 4 is 40.1 Å². The van der Waals surface area contributed by atoms with Gasteiger partial charge in [0.25, 0.3) is 5.91 Å². The lowest BCUT2D eigenvalue weighted by atomic mass is 10.2. The number of hydrogen-bond acceptors (Lipinski definition) is 9. The van der Waals surface area contributed by atoms with E-state index in [1.807, 2.05) is 60.7 Å². The van der Waals surface area contributed by atoms with Gasteiger partial charge in [0, 0.05) is 5.56 Å². The Bertz CT molecular complexity index is 1150. The van der Waals surface area contributed by atoms with Gasteiger partial charge in [0.1, 0.15) is 0 Å². The maximum Gasteiger partial charge on any atom is 0.316 e. The second kappa shape index (κ2) is 10.2. The topological polar surface area (TPSA) is 112 Å². The number of ether oxygens (including phenoxy) is 1. The number of benzene rings is 2. The van der Waals surface area contributed by atoms with E-state index < -0.39 is 5.91 Å². The normalized spacial score (nSPS) is 10.7. The monoisotopic (exact) mass is 466 g/mol. The van der Waals surface area contributed by atoms with Crippen molar-refractivity contribution in [2.24, 2.45) is 0 Å². The highest BCUT2D eigenvalue weighted by atomic mass is 32.2. The minimum atomic E-state index is -0.505. The molecule has 0 radical (unpaired) electrons. The lowest BCUT2D eigenvalue weighted by Crippen LogP contribution is -2.14. The van der Waals surface area contributed by atoms with Crippen molar-refractivity contribution in [2.75, 3.05) is 17.7 Å². The first-order chi connectivity index (χ1) is 15.6. The highest BCUT2D eigenvalue weighted by molar-refractivity contribution is 8.01. The van der Waals surface area contributed by atoms with Gasteiger partial charge in [0.05, 0.1) is 18.0 Å². The lowest BCUT2D eigenvalue weighted by Gasteiger charge is -2.05. The average molecular weight is 467 g/mol. The molecule has 32 heavy (non-hydrogen) atoms. The van der Waals surface area contributed by atoms with E-state index in [0.29, 0.717) is 21.9 Å². The maximum atomic E-state index is 12.8. The van der Waals surface area contributed by atoms with E-state index >= 15 is 0 Å². The highest BCUT2D eigenvalue weighted by Crippen LogP contribution is 2.26. The van der Waals surface area contributed by atoms with Crippen LogP contribution >= 0.6 is 23.1 Å². The second-order valence-electron chi connectivity index (χ2n) is 6.29. The number of amides is 1. The molecule has 2 aromatic carbocycles. The van der Waals surface area contributed by atoms with Gasteiger partial charge in [-0.1, -0.05) is 71.6 Å². The molecule has 0 saturated carbocycles. The summed E-state index contributed by atoms with van der Waals surface area (Å²) in [5.74, 6) is -0.161. The molecule has 0 aliphatic heterocycles. The molecular formula is C21H18N6O3S2. The third kappa shape index (κ3) is 5.18. The second-order valence-corrected chi connectivity index (χ2v) is 8.49. The van der Waals surface area contributed by atoms with Crippen LogP contribution in [-0.2, 0) is 9.53 Å². The Balaban J connectivity index is 1.53. The average Bonchev–Trinajstić information content (AvgIpc) is 3.46. The lowest BCUT2D eigenvalue weighted by molar-refractivity contribution is -0.139. The first-order valence-corrected chi connectivity index (χ1v) is 11.5. The molecule has 0 saturated heterocycles. The Kier molecular flexibility index (Phi) is 6.87. The van der Waals surface area contributed by atoms with E-state index in [2.05, 4.69) is 25.6 Å². The van der Waals surface area contributed by atoms with E-state index in [1.54, 1.807) is 11.6 Å². The minimum Gasteiger partial charge on any atom is -0.465 e. The first-order valence-electron chi connectivity index (χ1n) is 9.65. The van der Waals surface area contributed by atoms with Crippen LogP contribution in [0.15, 0.2) is 65.0 Å². The van der Waals surface area contributed by atoms with Gasteiger partial charge < -0.3 is 4.74 Å². The summed E-state index contributed by atoms with van der Waals surface area (Å²) in [6.45, 7) is 2.07. The predicted molar refractivity (Wildman–Crippen MR) is 122 cm³/mol. The molecule has 9 nitrogen and oxygen atoms in total. The third-order valence-corrected chi connectivity index (χ3v) is 6.03. The number of nitrogens with zero attached hydrogens (tertiary/aromatic N) is 5. The fourth-order valence-electron chi connectivity index (χ4n) is 2.73. The highest BCUT2D eigenvalue weighted by Gasteiger charge is 2.20. The van der Waals surface area contributed by atoms with Gasteiger partial charge in [0.2, 0.25) is 11.0 Å². The van der Waals surface area contributed by atoms with Crippen LogP contribution in [0, 0.1) is 0 Å². The van der Waals surface area contributed by atoms with Gasteiger partial charge in [-0.15, -0.1) is 15.3 Å². The number of carbonyl (C=O) groups excluding carboxylic acids is 2. The van der Waals surface area contributed by atoms with Crippen molar-refractivity contribution in [1.29, 1.82) is 0 Å². The zero-order valence-corrected chi connectivity index (χ0v) is 18.6. The summed E-state index contributed by atoms with van der Waals surface area (Å²) in [7, 11) is 0. The van der Waals surface area contributed by atoms with Crippen LogP contribution in [-0.4, -0.2) is 49.2 Å². The largest absolute Gasteiger partial charge is 0.465 e. The number of anilines is 1. The Morgan fingerprint density at radius 3 is 2.50 bits per heavy atom. The molecule has 11 heteroatoms. The van der Waals surface area contributed by atoms with E-state index in [-0.39, 0.29) is 17.5 Å². The number of aromatic nitrogens is 5. The standard InChI is InChI=1S/C21H18N6O3S2/c1-2-30-16(28)13-31-21-25-24-20(32-21)23-19(29)17-22-18(14-9-5-3-6-10-14)27(26-17)15-11-7-4-8-12-15/h3-12H,2,13H2,1H3,(H,23,24,29). The summed E-state index contributed by atoms with van der Waals surface area (Å²) >= 11 is 2.36. The first kappa shape index (κ1) is 21.7. The minimum absolute atomic E-state index is 0.00336. The molecule has 4 aromatic rings. The molecule has 1 amide bonds. The van der Waals surface area contributed by atoms with Crippen LogP contribution in [0.4, 0.5) is 5.13 Å². The molecule has 0 fully saturated rings. The molecule has 162 valence electrons. The SMILES string of the molecule is CCOC(=O)CSc1nnc(NC(=O)c2nc(-c3ccccc3)n(-c3ccccc3)n2)s1. The molecule has 0 aliphatic carbocycles. The van der Waals surface area contributed by atoms with Crippen LogP contribution in [0.2, 0.25) is 0 Å². The summed E-state index contributed by atoms with van der Waals surface area (Å²) < 4.78 is 7.06. The van der Waals surface area contributed by atoms with Crippen LogP contribution < -0.4 is 5.32 Å².